The van der Waals surface area contributed by atoms with E-state index in [0.717, 1.165) is 0 Å². The maximum atomic E-state index is 11.8. The van der Waals surface area contributed by atoms with Crippen molar-refractivity contribution in [1.29, 1.82) is 0 Å². The Morgan fingerprint density at radius 2 is 1.16 bits per heavy atom. The quantitative estimate of drug-likeness (QED) is 0.845. The predicted molar refractivity (Wildman–Crippen MR) is 104 cm³/mol. The molecule has 2 aromatic carbocycles. The van der Waals surface area contributed by atoms with Gasteiger partial charge in [-0.3, -0.25) is 4.90 Å². The second kappa shape index (κ2) is 6.93. The fourth-order valence-electron chi connectivity index (χ4n) is 5.20. The molecule has 1 heterocycles. The van der Waals surface area contributed by atoms with Gasteiger partial charge in [0, 0.05) is 23.9 Å². The molecule has 2 nitrogen and oxygen atoms in total. The van der Waals surface area contributed by atoms with Gasteiger partial charge in [0.2, 0.25) is 0 Å². The molecular weight excluding hydrogens is 306 g/mol. The van der Waals surface area contributed by atoms with Crippen molar-refractivity contribution in [3.8, 4) is 0 Å². The molecule has 134 valence electrons. The maximum Gasteiger partial charge on any atom is 0.0757 e. The zero-order valence-electron chi connectivity index (χ0n) is 16.1. The number of hydrogen-bond acceptors (Lipinski definition) is 2. The summed E-state index contributed by atoms with van der Waals surface area (Å²) in [7, 11) is 2.21. The van der Waals surface area contributed by atoms with E-state index >= 15 is 0 Å². The van der Waals surface area contributed by atoms with Crippen molar-refractivity contribution in [3.63, 3.8) is 0 Å². The molecule has 25 heavy (non-hydrogen) atoms. The fourth-order valence-corrected chi connectivity index (χ4v) is 5.20. The van der Waals surface area contributed by atoms with Crippen molar-refractivity contribution in [2.75, 3.05) is 7.05 Å². The lowest BCUT2D eigenvalue weighted by Crippen LogP contribution is -2.60. The molecule has 2 aromatic rings. The topological polar surface area (TPSA) is 23.5 Å². The van der Waals surface area contributed by atoms with Crippen LogP contribution in [0.25, 0.3) is 0 Å². The fraction of sp³-hybridized carbons (Fsp3) is 0.478. The van der Waals surface area contributed by atoms with Crippen molar-refractivity contribution in [3.05, 3.63) is 71.8 Å². The molecule has 5 atom stereocenters. The number of hydrogen-bond donors (Lipinski definition) is 1. The second-order valence-electron chi connectivity index (χ2n) is 8.00. The molecule has 0 aliphatic carbocycles. The van der Waals surface area contributed by atoms with E-state index in [1.54, 1.807) is 0 Å². The van der Waals surface area contributed by atoms with Gasteiger partial charge in [-0.1, -0.05) is 88.4 Å². The molecule has 0 saturated carbocycles. The third-order valence-corrected chi connectivity index (χ3v) is 6.49. The number of likely N-dealkylation sites (tertiary alicyclic amines) is 1. The molecule has 1 saturated heterocycles. The number of aliphatic hydroxyl groups is 1. The van der Waals surface area contributed by atoms with E-state index in [1.807, 2.05) is 0 Å². The third kappa shape index (κ3) is 2.92. The van der Waals surface area contributed by atoms with E-state index in [0.29, 0.717) is 0 Å². The highest BCUT2D eigenvalue weighted by Crippen LogP contribution is 2.54. The largest absolute Gasteiger partial charge is 0.389 e. The van der Waals surface area contributed by atoms with Crippen molar-refractivity contribution in [2.45, 2.75) is 45.4 Å². The molecular formula is C23H31NO. The predicted octanol–water partition coefficient (Wildman–Crippen LogP) is 5.07. The summed E-state index contributed by atoms with van der Waals surface area (Å²) < 4.78 is 0. The van der Waals surface area contributed by atoms with Crippen molar-refractivity contribution in [2.24, 2.45) is 17.8 Å². The molecule has 1 N–H and O–H groups in total. The lowest BCUT2D eigenvalue weighted by Gasteiger charge is -2.58. The van der Waals surface area contributed by atoms with Crippen LogP contribution in [0.4, 0.5) is 0 Å². The van der Waals surface area contributed by atoms with Gasteiger partial charge in [-0.2, -0.15) is 0 Å². The molecule has 1 fully saturated rings. The lowest BCUT2D eigenvalue weighted by atomic mass is 9.61. The van der Waals surface area contributed by atoms with Crippen molar-refractivity contribution in [1.82, 2.24) is 4.90 Å². The van der Waals surface area contributed by atoms with E-state index < -0.39 is 5.60 Å². The van der Waals surface area contributed by atoms with Crippen LogP contribution < -0.4 is 0 Å². The van der Waals surface area contributed by atoms with Gasteiger partial charge < -0.3 is 5.11 Å². The van der Waals surface area contributed by atoms with Gasteiger partial charge in [-0.25, -0.2) is 0 Å². The summed E-state index contributed by atoms with van der Waals surface area (Å²) in [6.45, 7) is 8.74. The number of piperidine rings is 1. The number of benzene rings is 2. The Morgan fingerprint density at radius 1 is 0.800 bits per heavy atom. The summed E-state index contributed by atoms with van der Waals surface area (Å²) in [5.41, 5.74) is 1.85. The van der Waals surface area contributed by atoms with Crippen LogP contribution >= 0.6 is 0 Å². The van der Waals surface area contributed by atoms with Gasteiger partial charge in [0.05, 0.1) is 5.60 Å². The highest BCUT2D eigenvalue weighted by atomic mass is 16.3. The molecule has 1 aliphatic rings. The average Bonchev–Trinajstić information content (AvgIpc) is 2.62. The minimum atomic E-state index is -0.715. The van der Waals surface area contributed by atoms with Crippen molar-refractivity contribution >= 4 is 0 Å². The number of nitrogens with zero attached hydrogens (tertiary/aromatic N) is 1. The van der Waals surface area contributed by atoms with Crippen LogP contribution in [-0.4, -0.2) is 22.7 Å². The SMILES string of the molecule is CC(C)C1(O)[C@H](C)[C@@H](c2ccccc2)N(C)[C@H](c2ccccc2)[C@@H]1C. The minimum absolute atomic E-state index is 0.148. The number of rotatable bonds is 3. The zero-order chi connectivity index (χ0) is 18.2. The smallest absolute Gasteiger partial charge is 0.0757 e. The summed E-state index contributed by atoms with van der Waals surface area (Å²) in [6, 6.07) is 21.6. The van der Waals surface area contributed by atoms with Crippen LogP contribution in [0.15, 0.2) is 60.7 Å². The average molecular weight is 338 g/mol. The first-order valence-corrected chi connectivity index (χ1v) is 9.43. The maximum absolute atomic E-state index is 11.8. The van der Waals surface area contributed by atoms with Gasteiger partial charge in [0.25, 0.3) is 0 Å². The molecule has 0 aromatic heterocycles. The van der Waals surface area contributed by atoms with Crippen LogP contribution in [0.2, 0.25) is 0 Å². The third-order valence-electron chi connectivity index (χ3n) is 6.49. The highest BCUT2D eigenvalue weighted by molar-refractivity contribution is 5.28. The Kier molecular flexibility index (Phi) is 5.04. The molecule has 0 spiro atoms. The van der Waals surface area contributed by atoms with Crippen LogP contribution in [0.1, 0.15) is 50.9 Å². The molecule has 0 amide bonds. The first-order valence-electron chi connectivity index (χ1n) is 9.43. The highest BCUT2D eigenvalue weighted by Gasteiger charge is 2.55. The standard InChI is InChI=1S/C23H31NO/c1-16(2)23(25)17(3)21(19-12-8-6-9-13-19)24(5)22(18(23)4)20-14-10-7-11-15-20/h6-18,21-22,25H,1-5H3/t17-,18+,21-,22-,23?/m0/s1. The van der Waals surface area contributed by atoms with Crippen molar-refractivity contribution < 1.29 is 5.11 Å². The van der Waals surface area contributed by atoms with Crippen LogP contribution in [0.5, 0.6) is 0 Å². The summed E-state index contributed by atoms with van der Waals surface area (Å²) in [5.74, 6) is 0.494. The Hall–Kier alpha value is -1.64. The Bertz CT molecular complexity index is 628. The van der Waals surface area contributed by atoms with Crippen LogP contribution in [-0.2, 0) is 0 Å². The lowest BCUT2D eigenvalue weighted by molar-refractivity contribution is -0.179. The normalized spacial score (nSPS) is 33.6. The van der Waals surface area contributed by atoms with E-state index in [-0.39, 0.29) is 29.8 Å². The summed E-state index contributed by atoms with van der Waals surface area (Å²) >= 11 is 0. The minimum Gasteiger partial charge on any atom is -0.389 e. The van der Waals surface area contributed by atoms with E-state index in [4.69, 9.17) is 0 Å². The summed E-state index contributed by atoms with van der Waals surface area (Å²) in [6.07, 6.45) is 0. The van der Waals surface area contributed by atoms with E-state index in [9.17, 15) is 5.11 Å². The Balaban J connectivity index is 2.13. The first kappa shape index (κ1) is 18.2. The molecule has 1 aliphatic heterocycles. The molecule has 0 bridgehead atoms. The van der Waals surface area contributed by atoms with E-state index in [1.165, 1.54) is 11.1 Å². The van der Waals surface area contributed by atoms with Gasteiger partial charge in [0.15, 0.2) is 0 Å². The summed E-state index contributed by atoms with van der Waals surface area (Å²) in [4.78, 5) is 2.47. The zero-order valence-corrected chi connectivity index (χ0v) is 16.1. The van der Waals surface area contributed by atoms with E-state index in [2.05, 4.69) is 100 Å². The molecule has 2 heteroatoms. The molecule has 3 rings (SSSR count). The van der Waals surface area contributed by atoms with Crippen LogP contribution in [0, 0.1) is 17.8 Å². The molecule has 1 unspecified atom stereocenters. The van der Waals surface area contributed by atoms with Gasteiger partial charge in [-0.05, 0) is 24.1 Å². The molecule has 0 radical (unpaired) electrons. The van der Waals surface area contributed by atoms with Gasteiger partial charge >= 0.3 is 0 Å². The first-order chi connectivity index (χ1) is 11.9. The Morgan fingerprint density at radius 3 is 1.48 bits per heavy atom. The second-order valence-corrected chi connectivity index (χ2v) is 8.00. The summed E-state index contributed by atoms with van der Waals surface area (Å²) in [5, 5.41) is 11.8. The van der Waals surface area contributed by atoms with Gasteiger partial charge in [0.1, 0.15) is 0 Å². The monoisotopic (exact) mass is 337 g/mol. The Labute approximate surface area is 152 Å². The van der Waals surface area contributed by atoms with Crippen LogP contribution in [0.3, 0.4) is 0 Å². The van der Waals surface area contributed by atoms with Gasteiger partial charge in [-0.15, -0.1) is 0 Å².